The Morgan fingerprint density at radius 3 is 2.82 bits per heavy atom. The van der Waals surface area contributed by atoms with Crippen molar-refractivity contribution in [3.63, 3.8) is 0 Å². The van der Waals surface area contributed by atoms with Crippen molar-refractivity contribution in [3.05, 3.63) is 11.4 Å². The summed E-state index contributed by atoms with van der Waals surface area (Å²) in [5.41, 5.74) is 1.21. The average molecular weight is 174 g/mol. The molecule has 1 aliphatic rings. The van der Waals surface area contributed by atoms with Crippen LogP contribution in [0.4, 0.5) is 0 Å². The lowest BCUT2D eigenvalue weighted by Gasteiger charge is -2.09. The predicted molar refractivity (Wildman–Crippen MR) is 47.0 cm³/mol. The topological polar surface area (TPSA) is 26.3 Å². The molecule has 0 aromatic rings. The molecule has 0 amide bonds. The normalized spacial score (nSPS) is 37.4. The Kier molecular flexibility index (Phi) is 2.56. The highest BCUT2D eigenvalue weighted by molar-refractivity contribution is 7.62. The molecule has 0 saturated carbocycles. The van der Waals surface area contributed by atoms with Crippen LogP contribution in [0, 0.1) is 5.92 Å². The van der Waals surface area contributed by atoms with Crippen LogP contribution in [-0.4, -0.2) is 12.8 Å². The molecule has 0 bridgehead atoms. The Morgan fingerprint density at radius 2 is 2.45 bits per heavy atom. The zero-order chi connectivity index (χ0) is 8.48. The highest BCUT2D eigenvalue weighted by Gasteiger charge is 2.30. The number of hydrogen-bond acceptors (Lipinski definition) is 2. The van der Waals surface area contributed by atoms with E-state index in [9.17, 15) is 4.57 Å². The largest absolute Gasteiger partial charge is 0.326 e. The number of hydrogen-bond donors (Lipinski definition) is 0. The first-order valence-electron chi connectivity index (χ1n) is 4.00. The van der Waals surface area contributed by atoms with E-state index in [0.29, 0.717) is 18.7 Å². The van der Waals surface area contributed by atoms with E-state index in [2.05, 4.69) is 6.92 Å². The summed E-state index contributed by atoms with van der Waals surface area (Å²) in [4.78, 5) is 0. The molecule has 1 rings (SSSR count). The molecule has 0 aromatic heterocycles. The van der Waals surface area contributed by atoms with Crippen molar-refractivity contribution in [1.82, 2.24) is 0 Å². The molecular weight excluding hydrogens is 159 g/mol. The molecule has 1 heterocycles. The highest BCUT2D eigenvalue weighted by Crippen LogP contribution is 2.56. The summed E-state index contributed by atoms with van der Waals surface area (Å²) in [6.45, 7) is 6.54. The molecule has 0 saturated heterocycles. The smallest absolute Gasteiger partial charge is 0.225 e. The molecule has 64 valence electrons. The number of rotatable bonds is 2. The Hall–Kier alpha value is -0.0700. The van der Waals surface area contributed by atoms with Gasteiger partial charge in [0.05, 0.1) is 6.61 Å². The van der Waals surface area contributed by atoms with Crippen LogP contribution in [0.1, 0.15) is 20.8 Å². The molecule has 11 heavy (non-hydrogen) atoms. The summed E-state index contributed by atoms with van der Waals surface area (Å²) < 4.78 is 16.9. The van der Waals surface area contributed by atoms with Crippen LogP contribution >= 0.6 is 7.37 Å². The van der Waals surface area contributed by atoms with Crippen LogP contribution in [0.15, 0.2) is 11.4 Å². The van der Waals surface area contributed by atoms with Gasteiger partial charge in [-0.15, -0.1) is 0 Å². The first-order valence-corrected chi connectivity index (χ1v) is 5.88. The SMILES string of the molecule is CCOP1(=O)C=C(C)C(C)C1. The minimum atomic E-state index is -2.34. The maximum absolute atomic E-state index is 11.7. The van der Waals surface area contributed by atoms with E-state index in [4.69, 9.17) is 4.52 Å². The number of allylic oxidation sites excluding steroid dienone is 1. The van der Waals surface area contributed by atoms with Crippen molar-refractivity contribution in [2.45, 2.75) is 20.8 Å². The van der Waals surface area contributed by atoms with E-state index >= 15 is 0 Å². The summed E-state index contributed by atoms with van der Waals surface area (Å²) in [5, 5.41) is 0. The maximum Gasteiger partial charge on any atom is 0.225 e. The molecule has 2 atom stereocenters. The third-order valence-corrected chi connectivity index (χ3v) is 4.61. The Balaban J connectivity index is 2.72. The lowest BCUT2D eigenvalue weighted by molar-refractivity contribution is 0.340. The maximum atomic E-state index is 11.7. The second kappa shape index (κ2) is 3.12. The molecule has 0 spiro atoms. The summed E-state index contributed by atoms with van der Waals surface area (Å²) in [6.07, 6.45) is 0.701. The van der Waals surface area contributed by atoms with Crippen LogP contribution in [-0.2, 0) is 9.09 Å². The van der Waals surface area contributed by atoms with E-state index in [-0.39, 0.29) is 0 Å². The third kappa shape index (κ3) is 1.94. The minimum absolute atomic E-state index is 0.437. The zero-order valence-corrected chi connectivity index (χ0v) is 8.23. The summed E-state index contributed by atoms with van der Waals surface area (Å²) in [6, 6.07) is 0. The van der Waals surface area contributed by atoms with Crippen molar-refractivity contribution >= 4 is 7.37 Å². The van der Waals surface area contributed by atoms with E-state index in [1.165, 1.54) is 5.57 Å². The minimum Gasteiger partial charge on any atom is -0.326 e. The lowest BCUT2D eigenvalue weighted by atomic mass is 10.1. The van der Waals surface area contributed by atoms with Crippen LogP contribution in [0.2, 0.25) is 0 Å². The Labute approximate surface area is 68.1 Å². The second-order valence-corrected chi connectivity index (χ2v) is 5.43. The molecule has 2 nitrogen and oxygen atoms in total. The van der Waals surface area contributed by atoms with Crippen molar-refractivity contribution < 1.29 is 9.09 Å². The monoisotopic (exact) mass is 174 g/mol. The van der Waals surface area contributed by atoms with Gasteiger partial charge in [-0.25, -0.2) is 0 Å². The summed E-state index contributed by atoms with van der Waals surface area (Å²) >= 11 is 0. The van der Waals surface area contributed by atoms with Gasteiger partial charge in [0, 0.05) is 6.16 Å². The Bertz CT molecular complexity index is 220. The Morgan fingerprint density at radius 1 is 1.82 bits per heavy atom. The van der Waals surface area contributed by atoms with E-state index < -0.39 is 7.37 Å². The summed E-state index contributed by atoms with van der Waals surface area (Å²) in [7, 11) is -2.34. The van der Waals surface area contributed by atoms with Crippen molar-refractivity contribution in [1.29, 1.82) is 0 Å². The fourth-order valence-corrected chi connectivity index (χ4v) is 3.97. The van der Waals surface area contributed by atoms with Gasteiger partial charge >= 0.3 is 0 Å². The van der Waals surface area contributed by atoms with Crippen LogP contribution in [0.3, 0.4) is 0 Å². The van der Waals surface area contributed by atoms with Gasteiger partial charge in [0.25, 0.3) is 0 Å². The van der Waals surface area contributed by atoms with Gasteiger partial charge in [0.15, 0.2) is 0 Å². The molecule has 3 heteroatoms. The third-order valence-electron chi connectivity index (χ3n) is 2.05. The van der Waals surface area contributed by atoms with Gasteiger partial charge in [-0.2, -0.15) is 0 Å². The lowest BCUT2D eigenvalue weighted by Crippen LogP contribution is -1.96. The molecule has 0 radical (unpaired) electrons. The first kappa shape index (κ1) is 9.02. The zero-order valence-electron chi connectivity index (χ0n) is 7.33. The van der Waals surface area contributed by atoms with Gasteiger partial charge in [-0.05, 0) is 25.6 Å². The van der Waals surface area contributed by atoms with Gasteiger partial charge < -0.3 is 4.52 Å². The van der Waals surface area contributed by atoms with Gasteiger partial charge in [0.2, 0.25) is 7.37 Å². The average Bonchev–Trinajstić information content (AvgIpc) is 2.08. The van der Waals surface area contributed by atoms with Gasteiger partial charge in [0.1, 0.15) is 0 Å². The van der Waals surface area contributed by atoms with Crippen molar-refractivity contribution in [2.24, 2.45) is 5.92 Å². The fraction of sp³-hybridized carbons (Fsp3) is 0.750. The fourth-order valence-electron chi connectivity index (χ4n) is 1.32. The molecule has 0 aliphatic carbocycles. The van der Waals surface area contributed by atoms with Gasteiger partial charge in [-0.1, -0.05) is 12.5 Å². The molecule has 2 unspecified atom stereocenters. The molecule has 0 N–H and O–H groups in total. The van der Waals surface area contributed by atoms with E-state index in [1.807, 2.05) is 19.7 Å². The van der Waals surface area contributed by atoms with E-state index in [0.717, 1.165) is 0 Å². The molecule has 1 aliphatic heterocycles. The summed E-state index contributed by atoms with van der Waals surface area (Å²) in [5.74, 6) is 2.26. The molecular formula is C8H15O2P. The standard InChI is InChI=1S/C8H15O2P/c1-4-10-11(9)5-7(2)8(3)6-11/h5,8H,4,6H2,1-3H3. The molecule has 0 aromatic carbocycles. The van der Waals surface area contributed by atoms with Crippen molar-refractivity contribution in [2.75, 3.05) is 12.8 Å². The van der Waals surface area contributed by atoms with Crippen LogP contribution in [0.25, 0.3) is 0 Å². The van der Waals surface area contributed by atoms with Gasteiger partial charge in [-0.3, -0.25) is 4.57 Å². The second-order valence-electron chi connectivity index (χ2n) is 3.10. The first-order chi connectivity index (χ1) is 5.07. The van der Waals surface area contributed by atoms with Crippen LogP contribution < -0.4 is 0 Å². The highest BCUT2D eigenvalue weighted by atomic mass is 31.2. The molecule has 0 fully saturated rings. The quantitative estimate of drug-likeness (QED) is 0.601. The van der Waals surface area contributed by atoms with Crippen molar-refractivity contribution in [3.8, 4) is 0 Å². The van der Waals surface area contributed by atoms with Crippen LogP contribution in [0.5, 0.6) is 0 Å². The van der Waals surface area contributed by atoms with E-state index in [1.54, 1.807) is 0 Å². The predicted octanol–water partition coefficient (Wildman–Crippen LogP) is 2.85.